The van der Waals surface area contributed by atoms with Crippen molar-refractivity contribution < 1.29 is 20.4 Å². The minimum Gasteiger partial charge on any atom is -0.122 e. The molecule has 0 saturated carbocycles. The molecular weight excluding hydrogens is 274 g/mol. The van der Waals surface area contributed by atoms with E-state index < -0.39 is 0 Å². The number of alkyl halides is 1. The van der Waals surface area contributed by atoms with Gasteiger partial charge < -0.3 is 0 Å². The molecule has 76 valence electrons. The molecule has 0 heterocycles. The van der Waals surface area contributed by atoms with Crippen LogP contribution in [0.3, 0.4) is 0 Å². The van der Waals surface area contributed by atoms with Gasteiger partial charge in [-0.2, -0.15) is 0 Å². The van der Waals surface area contributed by atoms with E-state index in [1.807, 2.05) is 0 Å². The molecule has 0 aliphatic heterocycles. The molecule has 0 fully saturated rings. The van der Waals surface area contributed by atoms with E-state index in [1.165, 1.54) is 11.1 Å². The van der Waals surface area contributed by atoms with Crippen molar-refractivity contribution in [3.05, 3.63) is 35.4 Å². The summed E-state index contributed by atoms with van der Waals surface area (Å²) in [6.45, 7) is 6.63. The van der Waals surface area contributed by atoms with E-state index in [9.17, 15) is 0 Å². The first-order valence-electron chi connectivity index (χ1n) is 4.19. The summed E-state index contributed by atoms with van der Waals surface area (Å²) in [5.74, 6) is 0.602. The average molecular weight is 289 g/mol. The van der Waals surface area contributed by atoms with Gasteiger partial charge in [0.15, 0.2) is 0 Å². The number of hydrogen-bond donors (Lipinski definition) is 0. The largest absolute Gasteiger partial charge is 0.122 e. The van der Waals surface area contributed by atoms with Crippen LogP contribution in [-0.4, -0.2) is 0 Å². The van der Waals surface area contributed by atoms with E-state index in [0.29, 0.717) is 5.88 Å². The van der Waals surface area contributed by atoms with Gasteiger partial charge in [-0.05, 0) is 16.5 Å². The van der Waals surface area contributed by atoms with E-state index in [2.05, 4.69) is 45.0 Å². The molecule has 0 unspecified atom stereocenters. The zero-order chi connectivity index (χ0) is 9.19. The summed E-state index contributed by atoms with van der Waals surface area (Å²) in [7, 11) is 0. The Hall–Kier alpha value is 0.172. The Labute approximate surface area is 99.3 Å². The molecule has 1 aromatic rings. The first-order valence-corrected chi connectivity index (χ1v) is 4.73. The Kier molecular flexibility index (Phi) is 5.22. The second-order valence-corrected chi connectivity index (χ2v) is 4.35. The minimum atomic E-state index is 0. The van der Waals surface area contributed by atoms with Crippen molar-refractivity contribution in [3.8, 4) is 0 Å². The standard InChI is InChI=1S/C11H15Cl.Pd/c1-11(2,3)10-6-4-9(8-12)5-7-10;/h4-7H,8H2,1-3H3;. The number of benzene rings is 1. The molecule has 0 amide bonds. The second-order valence-electron chi connectivity index (χ2n) is 4.08. The Morgan fingerprint density at radius 3 is 1.85 bits per heavy atom. The van der Waals surface area contributed by atoms with Gasteiger partial charge in [0, 0.05) is 26.3 Å². The maximum atomic E-state index is 5.69. The third-order valence-corrected chi connectivity index (χ3v) is 2.28. The van der Waals surface area contributed by atoms with Crippen LogP contribution >= 0.6 is 11.6 Å². The molecule has 0 atom stereocenters. The summed E-state index contributed by atoms with van der Waals surface area (Å²) in [5.41, 5.74) is 2.78. The van der Waals surface area contributed by atoms with Crippen LogP contribution in [0.15, 0.2) is 24.3 Å². The Morgan fingerprint density at radius 2 is 1.54 bits per heavy atom. The molecule has 0 N–H and O–H groups in total. The fourth-order valence-electron chi connectivity index (χ4n) is 1.09. The summed E-state index contributed by atoms with van der Waals surface area (Å²) < 4.78 is 0. The van der Waals surface area contributed by atoms with Crippen LogP contribution in [0.25, 0.3) is 0 Å². The normalized spacial score (nSPS) is 10.8. The topological polar surface area (TPSA) is 0 Å². The van der Waals surface area contributed by atoms with Crippen molar-refractivity contribution in [2.24, 2.45) is 0 Å². The summed E-state index contributed by atoms with van der Waals surface area (Å²) >= 11 is 5.69. The molecule has 0 spiro atoms. The summed E-state index contributed by atoms with van der Waals surface area (Å²) in [4.78, 5) is 0. The van der Waals surface area contributed by atoms with E-state index in [4.69, 9.17) is 11.6 Å². The van der Waals surface area contributed by atoms with Gasteiger partial charge in [0.1, 0.15) is 0 Å². The van der Waals surface area contributed by atoms with Crippen LogP contribution in [0.4, 0.5) is 0 Å². The van der Waals surface area contributed by atoms with Crippen molar-refractivity contribution >= 4 is 11.6 Å². The fourth-order valence-corrected chi connectivity index (χ4v) is 1.27. The summed E-state index contributed by atoms with van der Waals surface area (Å²) in [6.07, 6.45) is 0. The quantitative estimate of drug-likeness (QED) is 0.546. The van der Waals surface area contributed by atoms with Crippen LogP contribution in [0.1, 0.15) is 31.9 Å². The van der Waals surface area contributed by atoms with E-state index in [1.54, 1.807) is 0 Å². The first kappa shape index (κ1) is 13.2. The smallest absolute Gasteiger partial charge is 0.0474 e. The van der Waals surface area contributed by atoms with Gasteiger partial charge in [-0.25, -0.2) is 0 Å². The molecule has 13 heavy (non-hydrogen) atoms. The molecule has 0 aliphatic carbocycles. The van der Waals surface area contributed by atoms with Gasteiger partial charge in [0.05, 0.1) is 0 Å². The molecule has 0 bridgehead atoms. The van der Waals surface area contributed by atoms with Gasteiger partial charge in [-0.15, -0.1) is 11.6 Å². The second kappa shape index (κ2) is 5.15. The molecule has 0 aliphatic rings. The molecule has 0 nitrogen and oxygen atoms in total. The van der Waals surface area contributed by atoms with Gasteiger partial charge in [-0.1, -0.05) is 45.0 Å². The monoisotopic (exact) mass is 288 g/mol. The zero-order valence-corrected chi connectivity index (χ0v) is 10.5. The molecule has 0 aromatic heterocycles. The predicted molar refractivity (Wildman–Crippen MR) is 54.7 cm³/mol. The maximum Gasteiger partial charge on any atom is 0.0474 e. The van der Waals surface area contributed by atoms with Crippen molar-refractivity contribution in [3.63, 3.8) is 0 Å². The molecule has 0 saturated heterocycles. The van der Waals surface area contributed by atoms with Crippen LogP contribution in [-0.2, 0) is 31.7 Å². The van der Waals surface area contributed by atoms with Crippen molar-refractivity contribution in [1.82, 2.24) is 0 Å². The van der Waals surface area contributed by atoms with Gasteiger partial charge in [0.2, 0.25) is 0 Å². The third kappa shape index (κ3) is 3.81. The van der Waals surface area contributed by atoms with Crippen LogP contribution in [0.5, 0.6) is 0 Å². The van der Waals surface area contributed by atoms with E-state index in [-0.39, 0.29) is 25.8 Å². The van der Waals surface area contributed by atoms with E-state index in [0.717, 1.165) is 0 Å². The molecular formula is C11H15ClPd. The molecule has 1 aromatic carbocycles. The van der Waals surface area contributed by atoms with Crippen LogP contribution in [0.2, 0.25) is 0 Å². The molecule has 2 heteroatoms. The van der Waals surface area contributed by atoms with Crippen molar-refractivity contribution in [1.29, 1.82) is 0 Å². The fraction of sp³-hybridized carbons (Fsp3) is 0.455. The number of hydrogen-bond acceptors (Lipinski definition) is 0. The zero-order valence-electron chi connectivity index (χ0n) is 8.21. The average Bonchev–Trinajstić information content (AvgIpc) is 2.03. The predicted octanol–water partition coefficient (Wildman–Crippen LogP) is 3.72. The minimum absolute atomic E-state index is 0. The van der Waals surface area contributed by atoms with E-state index >= 15 is 0 Å². The van der Waals surface area contributed by atoms with Gasteiger partial charge in [-0.3, -0.25) is 0 Å². The Morgan fingerprint density at radius 1 is 1.08 bits per heavy atom. The SMILES string of the molecule is CC(C)(C)c1ccc(CCl)cc1.[Pd]. The first-order chi connectivity index (χ1) is 5.54. The molecule has 0 radical (unpaired) electrons. The number of rotatable bonds is 1. The third-order valence-electron chi connectivity index (χ3n) is 1.97. The Bertz CT molecular complexity index is 246. The van der Waals surface area contributed by atoms with Crippen molar-refractivity contribution in [2.75, 3.05) is 0 Å². The Balaban J connectivity index is 0.00000144. The summed E-state index contributed by atoms with van der Waals surface area (Å²) in [6, 6.07) is 8.48. The maximum absolute atomic E-state index is 5.69. The van der Waals surface area contributed by atoms with Crippen molar-refractivity contribution in [2.45, 2.75) is 32.1 Å². The number of halogens is 1. The van der Waals surface area contributed by atoms with Crippen LogP contribution in [0, 0.1) is 0 Å². The molecule has 1 rings (SSSR count). The van der Waals surface area contributed by atoms with Gasteiger partial charge in [0.25, 0.3) is 0 Å². The van der Waals surface area contributed by atoms with Gasteiger partial charge >= 0.3 is 0 Å². The summed E-state index contributed by atoms with van der Waals surface area (Å²) in [5, 5.41) is 0. The van der Waals surface area contributed by atoms with Crippen LogP contribution < -0.4 is 0 Å².